The zero-order valence-electron chi connectivity index (χ0n) is 12.5. The lowest BCUT2D eigenvalue weighted by Crippen LogP contribution is -2.29. The van der Waals surface area contributed by atoms with Gasteiger partial charge in [0.1, 0.15) is 10.7 Å². The Kier molecular flexibility index (Phi) is 5.32. The van der Waals surface area contributed by atoms with Gasteiger partial charge in [0.25, 0.3) is 0 Å². The smallest absolute Gasteiger partial charge is 0.123 e. The van der Waals surface area contributed by atoms with Crippen LogP contribution < -0.4 is 10.5 Å². The molecule has 0 amide bonds. The predicted molar refractivity (Wildman–Crippen MR) is 84.7 cm³/mol. The molecule has 0 aliphatic carbocycles. The summed E-state index contributed by atoms with van der Waals surface area (Å²) in [5, 5.41) is 0. The Morgan fingerprint density at radius 2 is 2.00 bits per heavy atom. The summed E-state index contributed by atoms with van der Waals surface area (Å²) in [4.78, 5) is 2.70. The minimum Gasteiger partial charge on any atom is -0.496 e. The Bertz CT molecular complexity index is 452. The van der Waals surface area contributed by atoms with Gasteiger partial charge in [-0.2, -0.15) is 0 Å². The molecule has 0 bridgehead atoms. The van der Waals surface area contributed by atoms with Crippen LogP contribution in [0.5, 0.6) is 5.75 Å². The maximum atomic E-state index is 5.68. The summed E-state index contributed by atoms with van der Waals surface area (Å²) in [6.45, 7) is 8.51. The Morgan fingerprint density at radius 1 is 1.37 bits per heavy atom. The molecule has 0 aliphatic rings. The Labute approximate surface area is 121 Å². The van der Waals surface area contributed by atoms with Crippen molar-refractivity contribution >= 4 is 17.2 Å². The van der Waals surface area contributed by atoms with Crippen LogP contribution in [0.25, 0.3) is 0 Å². The standard InChI is InChI=1S/C15H24N2OS/c1-15(2,3)10-17(4)9-12-8-11(14(16)19)6-7-13(12)18-5/h6-8H,9-10H2,1-5H3,(H2,16,19). The van der Waals surface area contributed by atoms with Gasteiger partial charge in [-0.15, -0.1) is 0 Å². The molecule has 106 valence electrons. The third-order valence-electron chi connectivity index (χ3n) is 2.75. The average Bonchev–Trinajstić information content (AvgIpc) is 2.26. The molecule has 1 rings (SSSR count). The second-order valence-corrected chi connectivity index (χ2v) is 6.56. The van der Waals surface area contributed by atoms with Crippen LogP contribution in [0.2, 0.25) is 0 Å². The molecule has 0 saturated heterocycles. The fraction of sp³-hybridized carbons (Fsp3) is 0.533. The number of benzene rings is 1. The highest BCUT2D eigenvalue weighted by molar-refractivity contribution is 7.80. The topological polar surface area (TPSA) is 38.5 Å². The van der Waals surface area contributed by atoms with Gasteiger partial charge in [0.2, 0.25) is 0 Å². The van der Waals surface area contributed by atoms with E-state index in [-0.39, 0.29) is 5.41 Å². The molecule has 0 heterocycles. The Balaban J connectivity index is 2.91. The van der Waals surface area contributed by atoms with E-state index in [0.717, 1.165) is 30.0 Å². The molecule has 0 aromatic heterocycles. The molecule has 0 fully saturated rings. The van der Waals surface area contributed by atoms with Crippen molar-refractivity contribution in [2.24, 2.45) is 11.1 Å². The minimum atomic E-state index is 0.267. The van der Waals surface area contributed by atoms with Crippen molar-refractivity contribution in [3.05, 3.63) is 29.3 Å². The van der Waals surface area contributed by atoms with Crippen LogP contribution in [0.3, 0.4) is 0 Å². The van der Waals surface area contributed by atoms with Gasteiger partial charge < -0.3 is 15.4 Å². The number of thiocarbonyl (C=S) groups is 1. The van der Waals surface area contributed by atoms with E-state index in [1.165, 1.54) is 0 Å². The molecule has 0 atom stereocenters. The van der Waals surface area contributed by atoms with Gasteiger partial charge in [-0.3, -0.25) is 0 Å². The fourth-order valence-corrected chi connectivity index (χ4v) is 2.34. The van der Waals surface area contributed by atoms with Crippen LogP contribution in [0.1, 0.15) is 31.9 Å². The number of rotatable bonds is 5. The van der Waals surface area contributed by atoms with Crippen LogP contribution in [-0.4, -0.2) is 30.6 Å². The summed E-state index contributed by atoms with van der Waals surface area (Å²) in [6.07, 6.45) is 0. The quantitative estimate of drug-likeness (QED) is 0.842. The third-order valence-corrected chi connectivity index (χ3v) is 2.99. The van der Waals surface area contributed by atoms with Gasteiger partial charge in [-0.25, -0.2) is 0 Å². The summed E-state index contributed by atoms with van der Waals surface area (Å²) in [5.74, 6) is 0.876. The molecule has 0 radical (unpaired) electrons. The highest BCUT2D eigenvalue weighted by atomic mass is 32.1. The number of ether oxygens (including phenoxy) is 1. The van der Waals surface area contributed by atoms with Crippen LogP contribution in [0.4, 0.5) is 0 Å². The van der Waals surface area contributed by atoms with Gasteiger partial charge in [0.15, 0.2) is 0 Å². The van der Waals surface area contributed by atoms with Crippen molar-refractivity contribution in [2.75, 3.05) is 20.7 Å². The van der Waals surface area contributed by atoms with E-state index in [1.807, 2.05) is 18.2 Å². The van der Waals surface area contributed by atoms with E-state index in [0.29, 0.717) is 4.99 Å². The summed E-state index contributed by atoms with van der Waals surface area (Å²) in [7, 11) is 3.79. The second kappa shape index (κ2) is 6.35. The van der Waals surface area contributed by atoms with E-state index in [2.05, 4.69) is 32.7 Å². The highest BCUT2D eigenvalue weighted by Crippen LogP contribution is 2.23. The molecular formula is C15H24N2OS. The first-order valence-corrected chi connectivity index (χ1v) is 6.79. The van der Waals surface area contributed by atoms with Gasteiger partial charge in [0, 0.05) is 24.2 Å². The number of hydrogen-bond acceptors (Lipinski definition) is 3. The molecule has 3 nitrogen and oxygen atoms in total. The van der Waals surface area contributed by atoms with Gasteiger partial charge >= 0.3 is 0 Å². The molecular weight excluding hydrogens is 256 g/mol. The second-order valence-electron chi connectivity index (χ2n) is 6.12. The highest BCUT2D eigenvalue weighted by Gasteiger charge is 2.15. The molecule has 19 heavy (non-hydrogen) atoms. The monoisotopic (exact) mass is 280 g/mol. The molecule has 2 N–H and O–H groups in total. The zero-order chi connectivity index (χ0) is 14.6. The number of nitrogens with two attached hydrogens (primary N) is 1. The van der Waals surface area contributed by atoms with Crippen molar-refractivity contribution in [1.82, 2.24) is 4.90 Å². The maximum Gasteiger partial charge on any atom is 0.123 e. The average molecular weight is 280 g/mol. The van der Waals surface area contributed by atoms with E-state index >= 15 is 0 Å². The first kappa shape index (κ1) is 15.9. The maximum absolute atomic E-state index is 5.68. The van der Waals surface area contributed by atoms with Crippen LogP contribution >= 0.6 is 12.2 Å². The van der Waals surface area contributed by atoms with Crippen LogP contribution in [0, 0.1) is 5.41 Å². The van der Waals surface area contributed by atoms with Gasteiger partial charge in [-0.1, -0.05) is 33.0 Å². The van der Waals surface area contributed by atoms with Crippen molar-refractivity contribution in [1.29, 1.82) is 0 Å². The third kappa shape index (κ3) is 5.17. The van der Waals surface area contributed by atoms with Crippen molar-refractivity contribution in [3.63, 3.8) is 0 Å². The number of methoxy groups -OCH3 is 1. The summed E-state index contributed by atoms with van der Waals surface area (Å²) in [6, 6.07) is 5.84. The summed E-state index contributed by atoms with van der Waals surface area (Å²) < 4.78 is 5.40. The fourth-order valence-electron chi connectivity index (χ4n) is 2.21. The predicted octanol–water partition coefficient (Wildman–Crippen LogP) is 2.81. The molecule has 4 heteroatoms. The minimum absolute atomic E-state index is 0.267. The van der Waals surface area contributed by atoms with Gasteiger partial charge in [0.05, 0.1) is 7.11 Å². The molecule has 0 unspecified atom stereocenters. The lowest BCUT2D eigenvalue weighted by molar-refractivity contribution is 0.218. The molecule has 1 aromatic rings. The SMILES string of the molecule is COc1ccc(C(N)=S)cc1CN(C)CC(C)(C)C. The lowest BCUT2D eigenvalue weighted by Gasteiger charge is -2.27. The summed E-state index contributed by atoms with van der Waals surface area (Å²) >= 11 is 5.03. The van der Waals surface area contributed by atoms with E-state index < -0.39 is 0 Å². The van der Waals surface area contributed by atoms with Crippen molar-refractivity contribution in [3.8, 4) is 5.75 Å². The molecule has 0 saturated carbocycles. The van der Waals surface area contributed by atoms with Crippen LogP contribution in [-0.2, 0) is 6.54 Å². The first-order valence-electron chi connectivity index (χ1n) is 6.38. The van der Waals surface area contributed by atoms with E-state index in [4.69, 9.17) is 22.7 Å². The largest absolute Gasteiger partial charge is 0.496 e. The molecule has 0 aliphatic heterocycles. The number of hydrogen-bond donors (Lipinski definition) is 1. The van der Waals surface area contributed by atoms with E-state index in [1.54, 1.807) is 7.11 Å². The number of nitrogens with zero attached hydrogens (tertiary/aromatic N) is 1. The van der Waals surface area contributed by atoms with E-state index in [9.17, 15) is 0 Å². The van der Waals surface area contributed by atoms with Crippen LogP contribution in [0.15, 0.2) is 18.2 Å². The molecule has 1 aromatic carbocycles. The summed E-state index contributed by atoms with van der Waals surface area (Å²) in [5.41, 5.74) is 7.95. The zero-order valence-corrected chi connectivity index (χ0v) is 13.3. The Hall–Kier alpha value is -1.13. The normalized spacial score (nSPS) is 11.7. The van der Waals surface area contributed by atoms with Crippen molar-refractivity contribution < 1.29 is 4.74 Å². The Morgan fingerprint density at radius 3 is 2.47 bits per heavy atom. The first-order chi connectivity index (χ1) is 8.73. The molecule has 0 spiro atoms. The van der Waals surface area contributed by atoms with Crippen molar-refractivity contribution in [2.45, 2.75) is 27.3 Å². The lowest BCUT2D eigenvalue weighted by atomic mass is 9.96. The van der Waals surface area contributed by atoms with Gasteiger partial charge in [-0.05, 0) is 30.7 Å².